The summed E-state index contributed by atoms with van der Waals surface area (Å²) in [4.78, 5) is 15.0. The Balaban J connectivity index is 1.25. The Morgan fingerprint density at radius 2 is 1.53 bits per heavy atom. The van der Waals surface area contributed by atoms with Crippen LogP contribution in [0.25, 0.3) is 0 Å². The maximum Gasteiger partial charge on any atom is 0.228 e. The molecule has 1 N–H and O–H groups in total. The van der Waals surface area contributed by atoms with Gasteiger partial charge in [0, 0.05) is 17.9 Å². The molecular weight excluding hydrogens is 488 g/mol. The van der Waals surface area contributed by atoms with Crippen LogP contribution in [0.2, 0.25) is 0 Å². The number of unbranched alkanes of at least 4 members (excludes halogenated alkanes) is 11. The zero-order chi connectivity index (χ0) is 26.8. The fourth-order valence-electron chi connectivity index (χ4n) is 4.79. The van der Waals surface area contributed by atoms with Crippen molar-refractivity contribution in [1.82, 2.24) is 4.90 Å². The second-order valence-corrected chi connectivity index (χ2v) is 11.4. The lowest BCUT2D eigenvalue weighted by atomic mass is 10.1. The van der Waals surface area contributed by atoms with E-state index >= 15 is 0 Å². The number of hydrogen-bond donors (Lipinski definition) is 1. The average Bonchev–Trinajstić information content (AvgIpc) is 3.32. The molecule has 1 aliphatic heterocycles. The van der Waals surface area contributed by atoms with Gasteiger partial charge in [-0.2, -0.15) is 0 Å². The normalized spacial score (nSPS) is 13.0. The smallest absolute Gasteiger partial charge is 0.228 e. The van der Waals surface area contributed by atoms with Gasteiger partial charge in [0.05, 0.1) is 18.9 Å². The Hall–Kier alpha value is -2.40. The van der Waals surface area contributed by atoms with Crippen molar-refractivity contribution in [3.8, 4) is 5.75 Å². The summed E-state index contributed by atoms with van der Waals surface area (Å²) in [6, 6.07) is 16.1. The van der Waals surface area contributed by atoms with Gasteiger partial charge < -0.3 is 15.0 Å². The van der Waals surface area contributed by atoms with Crippen LogP contribution < -0.4 is 10.1 Å². The Kier molecular flexibility index (Phi) is 14.3. The van der Waals surface area contributed by atoms with E-state index in [0.29, 0.717) is 6.42 Å². The number of allylic oxidation sites excluding steroid dienone is 1. The minimum absolute atomic E-state index is 0.000107. The molecule has 0 unspecified atom stereocenters. The minimum Gasteiger partial charge on any atom is -0.494 e. The molecule has 0 saturated carbocycles. The quantitative estimate of drug-likeness (QED) is 0.182. The van der Waals surface area contributed by atoms with Gasteiger partial charge in [-0.05, 0) is 54.1 Å². The summed E-state index contributed by atoms with van der Waals surface area (Å²) in [6.45, 7) is 6.04. The number of thioether (sulfide) groups is 1. The van der Waals surface area contributed by atoms with Crippen LogP contribution >= 0.6 is 11.8 Å². The van der Waals surface area contributed by atoms with E-state index in [9.17, 15) is 4.79 Å². The Morgan fingerprint density at radius 1 is 0.868 bits per heavy atom. The van der Waals surface area contributed by atoms with Crippen LogP contribution in [-0.2, 0) is 17.8 Å². The number of benzene rings is 2. The molecule has 0 aliphatic carbocycles. The largest absolute Gasteiger partial charge is 0.494 e. The van der Waals surface area contributed by atoms with Gasteiger partial charge in [-0.3, -0.25) is 4.79 Å². The molecule has 2 aromatic carbocycles. The number of anilines is 1. The summed E-state index contributed by atoms with van der Waals surface area (Å²) in [5.74, 6) is 1.87. The molecule has 1 amide bonds. The van der Waals surface area contributed by atoms with Crippen LogP contribution in [0.3, 0.4) is 0 Å². The zero-order valence-electron chi connectivity index (χ0n) is 23.7. The lowest BCUT2D eigenvalue weighted by Gasteiger charge is -2.19. The van der Waals surface area contributed by atoms with E-state index in [-0.39, 0.29) is 5.91 Å². The van der Waals surface area contributed by atoms with E-state index in [1.807, 2.05) is 48.2 Å². The molecule has 3 rings (SSSR count). The van der Waals surface area contributed by atoms with Crippen molar-refractivity contribution >= 4 is 23.4 Å². The van der Waals surface area contributed by atoms with E-state index in [2.05, 4.69) is 41.6 Å². The highest BCUT2D eigenvalue weighted by Crippen LogP contribution is 2.25. The standard InChI is InChI=1S/C33H48N2O2S/c1-3-4-5-6-7-8-9-10-11-12-13-14-22-37-32-20-18-29(19-21-32)24-33(36)34-31-17-15-16-30(23-31)25-35-27-38-26-28(35)2/h15-21,23,26H,3-14,22,24-25,27H2,1-2H3,(H,34,36). The third kappa shape index (κ3) is 12.0. The number of hydrogen-bond acceptors (Lipinski definition) is 4. The third-order valence-electron chi connectivity index (χ3n) is 7.12. The number of carbonyl (C=O) groups is 1. The number of nitrogens with one attached hydrogen (secondary N) is 1. The number of carbonyl (C=O) groups excluding carboxylic acids is 1. The number of nitrogens with zero attached hydrogens (tertiary/aromatic N) is 1. The highest BCUT2D eigenvalue weighted by Gasteiger charge is 2.12. The predicted molar refractivity (Wildman–Crippen MR) is 164 cm³/mol. The molecule has 208 valence electrons. The van der Waals surface area contributed by atoms with Crippen molar-refractivity contribution in [2.24, 2.45) is 0 Å². The zero-order valence-corrected chi connectivity index (χ0v) is 24.5. The Morgan fingerprint density at radius 3 is 2.16 bits per heavy atom. The summed E-state index contributed by atoms with van der Waals surface area (Å²) in [6.07, 6.45) is 16.5. The molecular formula is C33H48N2O2S. The number of amides is 1. The summed E-state index contributed by atoms with van der Waals surface area (Å²) in [7, 11) is 0. The lowest BCUT2D eigenvalue weighted by Crippen LogP contribution is -2.17. The highest BCUT2D eigenvalue weighted by molar-refractivity contribution is 8.02. The minimum atomic E-state index is 0.000107. The fourth-order valence-corrected chi connectivity index (χ4v) is 5.73. The van der Waals surface area contributed by atoms with Crippen molar-refractivity contribution in [3.05, 3.63) is 70.8 Å². The van der Waals surface area contributed by atoms with Crippen LogP contribution in [-0.4, -0.2) is 23.3 Å². The van der Waals surface area contributed by atoms with E-state index in [4.69, 9.17) is 4.74 Å². The number of rotatable bonds is 19. The Labute approximate surface area is 235 Å². The summed E-state index contributed by atoms with van der Waals surface area (Å²) in [5, 5.41) is 5.25. The molecule has 0 fully saturated rings. The second-order valence-electron chi connectivity index (χ2n) is 10.6. The van der Waals surface area contributed by atoms with E-state index < -0.39 is 0 Å². The van der Waals surface area contributed by atoms with Gasteiger partial charge in [-0.25, -0.2) is 0 Å². The van der Waals surface area contributed by atoms with Crippen molar-refractivity contribution in [2.45, 2.75) is 104 Å². The van der Waals surface area contributed by atoms with Gasteiger partial charge in [-0.1, -0.05) is 102 Å². The predicted octanol–water partition coefficient (Wildman–Crippen LogP) is 9.32. The van der Waals surface area contributed by atoms with Gasteiger partial charge in [0.15, 0.2) is 0 Å². The molecule has 0 saturated heterocycles. The van der Waals surface area contributed by atoms with Gasteiger partial charge in [0.2, 0.25) is 5.91 Å². The first-order valence-corrected chi connectivity index (χ1v) is 15.8. The Bertz CT molecular complexity index is 973. The van der Waals surface area contributed by atoms with Crippen molar-refractivity contribution in [3.63, 3.8) is 0 Å². The fraction of sp³-hybridized carbons (Fsp3) is 0.545. The van der Waals surface area contributed by atoms with Crippen molar-refractivity contribution in [2.75, 3.05) is 17.8 Å². The second kappa shape index (κ2) is 18.0. The van der Waals surface area contributed by atoms with E-state index in [0.717, 1.165) is 42.4 Å². The van der Waals surface area contributed by atoms with Gasteiger partial charge in [-0.15, -0.1) is 11.8 Å². The topological polar surface area (TPSA) is 41.6 Å². The van der Waals surface area contributed by atoms with Gasteiger partial charge in [0.1, 0.15) is 5.75 Å². The average molecular weight is 537 g/mol. The number of ether oxygens (including phenoxy) is 1. The molecule has 0 atom stereocenters. The SMILES string of the molecule is CCCCCCCCCCCCCCOc1ccc(CC(=O)Nc2cccc(CN3CSC=C3C)c2)cc1. The van der Waals surface area contributed by atoms with E-state index in [1.54, 1.807) is 0 Å². The van der Waals surface area contributed by atoms with Gasteiger partial charge in [0.25, 0.3) is 0 Å². The summed E-state index contributed by atoms with van der Waals surface area (Å²) < 4.78 is 5.92. The van der Waals surface area contributed by atoms with Crippen LogP contribution in [0, 0.1) is 0 Å². The first-order valence-electron chi connectivity index (χ1n) is 14.8. The molecule has 1 aliphatic rings. The highest BCUT2D eigenvalue weighted by atomic mass is 32.2. The molecule has 0 bridgehead atoms. The molecule has 38 heavy (non-hydrogen) atoms. The maximum atomic E-state index is 12.6. The van der Waals surface area contributed by atoms with Crippen LogP contribution in [0.1, 0.15) is 102 Å². The molecule has 0 radical (unpaired) electrons. The van der Waals surface area contributed by atoms with Crippen LogP contribution in [0.15, 0.2) is 59.6 Å². The first-order chi connectivity index (χ1) is 18.6. The third-order valence-corrected chi connectivity index (χ3v) is 8.09. The monoisotopic (exact) mass is 536 g/mol. The summed E-state index contributed by atoms with van der Waals surface area (Å²) in [5.41, 5.74) is 4.34. The van der Waals surface area contributed by atoms with Crippen molar-refractivity contribution in [1.29, 1.82) is 0 Å². The summed E-state index contributed by atoms with van der Waals surface area (Å²) >= 11 is 1.82. The molecule has 0 aromatic heterocycles. The van der Waals surface area contributed by atoms with Crippen molar-refractivity contribution < 1.29 is 9.53 Å². The molecule has 2 aromatic rings. The van der Waals surface area contributed by atoms with E-state index in [1.165, 1.54) is 81.9 Å². The van der Waals surface area contributed by atoms with Gasteiger partial charge >= 0.3 is 0 Å². The lowest BCUT2D eigenvalue weighted by molar-refractivity contribution is -0.115. The molecule has 0 spiro atoms. The van der Waals surface area contributed by atoms with Crippen LogP contribution in [0.5, 0.6) is 5.75 Å². The molecule has 1 heterocycles. The maximum absolute atomic E-state index is 12.6. The molecule has 4 nitrogen and oxygen atoms in total. The molecule has 5 heteroatoms. The first kappa shape index (κ1) is 30.1. The van der Waals surface area contributed by atoms with Crippen LogP contribution in [0.4, 0.5) is 5.69 Å².